The molecule has 1 aromatic carbocycles. The zero-order valence-corrected chi connectivity index (χ0v) is 13.4. The predicted octanol–water partition coefficient (Wildman–Crippen LogP) is 2.73. The summed E-state index contributed by atoms with van der Waals surface area (Å²) in [5, 5.41) is 6.77. The number of guanidine groups is 1. The number of rotatable bonds is 7. The van der Waals surface area contributed by atoms with E-state index in [1.165, 1.54) is 12.0 Å². The van der Waals surface area contributed by atoms with Gasteiger partial charge in [0.15, 0.2) is 5.96 Å². The maximum atomic E-state index is 5.71. The van der Waals surface area contributed by atoms with Gasteiger partial charge in [0.25, 0.3) is 0 Å². The first-order valence-electron chi connectivity index (χ1n) is 7.85. The molecule has 1 saturated carbocycles. The molecule has 2 N–H and O–H groups in total. The highest BCUT2D eigenvalue weighted by Crippen LogP contribution is 2.28. The largest absolute Gasteiger partial charge is 0.494 e. The van der Waals surface area contributed by atoms with Crippen molar-refractivity contribution in [3.05, 3.63) is 29.8 Å². The van der Waals surface area contributed by atoms with Crippen molar-refractivity contribution < 1.29 is 4.74 Å². The third-order valence-corrected chi connectivity index (χ3v) is 3.81. The summed E-state index contributed by atoms with van der Waals surface area (Å²) in [5.74, 6) is 2.66. The monoisotopic (exact) mass is 289 g/mol. The number of aliphatic imine (C=N–C) groups is 1. The van der Waals surface area contributed by atoms with Gasteiger partial charge in [-0.05, 0) is 44.2 Å². The van der Waals surface area contributed by atoms with Crippen molar-refractivity contribution in [2.45, 2.75) is 39.2 Å². The number of nitrogens with one attached hydrogen (secondary N) is 2. The molecule has 4 nitrogen and oxygen atoms in total. The minimum atomic E-state index is 0.612. The highest BCUT2D eigenvalue weighted by Gasteiger charge is 2.32. The van der Waals surface area contributed by atoms with Crippen LogP contribution in [-0.4, -0.2) is 32.2 Å². The van der Waals surface area contributed by atoms with Gasteiger partial charge in [-0.3, -0.25) is 4.99 Å². The van der Waals surface area contributed by atoms with E-state index in [1.54, 1.807) is 0 Å². The Morgan fingerprint density at radius 1 is 1.29 bits per heavy atom. The van der Waals surface area contributed by atoms with E-state index in [1.807, 2.05) is 19.2 Å². The molecule has 1 aliphatic rings. The van der Waals surface area contributed by atoms with E-state index in [-0.39, 0.29) is 0 Å². The molecule has 1 fully saturated rings. The van der Waals surface area contributed by atoms with Crippen LogP contribution in [0.4, 0.5) is 0 Å². The average molecular weight is 289 g/mol. The van der Waals surface area contributed by atoms with Crippen molar-refractivity contribution in [1.29, 1.82) is 0 Å². The molecule has 21 heavy (non-hydrogen) atoms. The minimum absolute atomic E-state index is 0.612. The molecule has 1 aliphatic carbocycles. The first-order valence-corrected chi connectivity index (χ1v) is 7.85. The molecule has 116 valence electrons. The quantitative estimate of drug-likeness (QED) is 0.461. The standard InChI is InChI=1S/C17H27N3O/c1-13-6-8-15(9-7-13)21-11-5-4-10-19-17(18-3)20-16-12-14(16)2/h6-9,14,16H,4-5,10-12H2,1-3H3,(H2,18,19,20). The van der Waals surface area contributed by atoms with Crippen molar-refractivity contribution in [3.63, 3.8) is 0 Å². The fourth-order valence-corrected chi connectivity index (χ4v) is 2.15. The highest BCUT2D eigenvalue weighted by molar-refractivity contribution is 5.80. The van der Waals surface area contributed by atoms with Crippen LogP contribution in [0, 0.1) is 12.8 Å². The molecule has 2 atom stereocenters. The van der Waals surface area contributed by atoms with E-state index in [2.05, 4.69) is 41.6 Å². The van der Waals surface area contributed by atoms with Crippen LogP contribution >= 0.6 is 0 Å². The summed E-state index contributed by atoms with van der Waals surface area (Å²) in [6.07, 6.45) is 3.37. The van der Waals surface area contributed by atoms with Gasteiger partial charge >= 0.3 is 0 Å². The number of unbranched alkanes of at least 4 members (excludes halogenated alkanes) is 1. The van der Waals surface area contributed by atoms with Crippen molar-refractivity contribution in [2.24, 2.45) is 10.9 Å². The number of hydrogen-bond acceptors (Lipinski definition) is 2. The molecule has 4 heteroatoms. The van der Waals surface area contributed by atoms with Gasteiger partial charge < -0.3 is 15.4 Å². The second kappa shape index (κ2) is 7.91. The lowest BCUT2D eigenvalue weighted by atomic mass is 10.2. The lowest BCUT2D eigenvalue weighted by Crippen LogP contribution is -2.39. The van der Waals surface area contributed by atoms with E-state index < -0.39 is 0 Å². The molecule has 2 rings (SSSR count). The second-order valence-electron chi connectivity index (χ2n) is 5.83. The normalized spacial score (nSPS) is 21.0. The second-order valence-corrected chi connectivity index (χ2v) is 5.83. The minimum Gasteiger partial charge on any atom is -0.494 e. The van der Waals surface area contributed by atoms with E-state index >= 15 is 0 Å². The molecule has 0 radical (unpaired) electrons. The van der Waals surface area contributed by atoms with Gasteiger partial charge in [0.1, 0.15) is 5.75 Å². The molecule has 0 spiro atoms. The summed E-state index contributed by atoms with van der Waals surface area (Å²) in [5.41, 5.74) is 1.26. The van der Waals surface area contributed by atoms with E-state index in [0.717, 1.165) is 43.6 Å². The van der Waals surface area contributed by atoms with Crippen LogP contribution in [0.2, 0.25) is 0 Å². The fourth-order valence-electron chi connectivity index (χ4n) is 2.15. The van der Waals surface area contributed by atoms with Gasteiger partial charge in [0.05, 0.1) is 6.61 Å². The number of aryl methyl sites for hydroxylation is 1. The summed E-state index contributed by atoms with van der Waals surface area (Å²) in [6.45, 7) is 6.03. The smallest absolute Gasteiger partial charge is 0.191 e. The maximum Gasteiger partial charge on any atom is 0.191 e. The predicted molar refractivity (Wildman–Crippen MR) is 88.0 cm³/mol. The van der Waals surface area contributed by atoms with Crippen LogP contribution in [0.1, 0.15) is 31.7 Å². The van der Waals surface area contributed by atoms with Crippen molar-refractivity contribution in [1.82, 2.24) is 10.6 Å². The van der Waals surface area contributed by atoms with Crippen LogP contribution in [-0.2, 0) is 0 Å². The highest BCUT2D eigenvalue weighted by atomic mass is 16.5. The summed E-state index contributed by atoms with van der Waals surface area (Å²) in [7, 11) is 1.82. The number of benzene rings is 1. The maximum absolute atomic E-state index is 5.71. The first kappa shape index (κ1) is 15.7. The summed E-state index contributed by atoms with van der Waals surface area (Å²) in [4.78, 5) is 4.24. The Kier molecular flexibility index (Phi) is 5.90. The zero-order chi connectivity index (χ0) is 15.1. The van der Waals surface area contributed by atoms with Gasteiger partial charge in [-0.2, -0.15) is 0 Å². The van der Waals surface area contributed by atoms with Crippen LogP contribution in [0.3, 0.4) is 0 Å². The fraction of sp³-hybridized carbons (Fsp3) is 0.588. The molecule has 0 saturated heterocycles. The third-order valence-electron chi connectivity index (χ3n) is 3.81. The number of hydrogen-bond donors (Lipinski definition) is 2. The summed E-state index contributed by atoms with van der Waals surface area (Å²) in [6, 6.07) is 8.81. The van der Waals surface area contributed by atoms with Gasteiger partial charge in [0.2, 0.25) is 0 Å². The van der Waals surface area contributed by atoms with E-state index in [4.69, 9.17) is 4.74 Å². The van der Waals surface area contributed by atoms with Crippen LogP contribution in [0.25, 0.3) is 0 Å². The van der Waals surface area contributed by atoms with Gasteiger partial charge in [-0.15, -0.1) is 0 Å². The lowest BCUT2D eigenvalue weighted by Gasteiger charge is -2.11. The number of ether oxygens (including phenoxy) is 1. The molecule has 0 amide bonds. The molecule has 2 unspecified atom stereocenters. The van der Waals surface area contributed by atoms with Gasteiger partial charge in [-0.1, -0.05) is 24.6 Å². The molecule has 1 aromatic rings. The summed E-state index contributed by atoms with van der Waals surface area (Å²) < 4.78 is 5.71. The van der Waals surface area contributed by atoms with Crippen LogP contribution < -0.4 is 15.4 Å². The molecule has 0 heterocycles. The Morgan fingerprint density at radius 3 is 2.62 bits per heavy atom. The van der Waals surface area contributed by atoms with E-state index in [9.17, 15) is 0 Å². The van der Waals surface area contributed by atoms with Crippen molar-refractivity contribution in [3.8, 4) is 5.75 Å². The van der Waals surface area contributed by atoms with Crippen LogP contribution in [0.15, 0.2) is 29.3 Å². The van der Waals surface area contributed by atoms with Crippen molar-refractivity contribution >= 4 is 5.96 Å². The molecular formula is C17H27N3O. The van der Waals surface area contributed by atoms with E-state index in [0.29, 0.717) is 6.04 Å². The first-order chi connectivity index (χ1) is 10.2. The average Bonchev–Trinajstić information content (AvgIpc) is 3.18. The van der Waals surface area contributed by atoms with Crippen molar-refractivity contribution in [2.75, 3.05) is 20.2 Å². The van der Waals surface area contributed by atoms with Gasteiger partial charge in [0, 0.05) is 19.6 Å². The molecule has 0 bridgehead atoms. The Bertz CT molecular complexity index is 456. The Hall–Kier alpha value is -1.71. The lowest BCUT2D eigenvalue weighted by molar-refractivity contribution is 0.307. The third kappa shape index (κ3) is 5.66. The Labute approximate surface area is 128 Å². The molecular weight excluding hydrogens is 262 g/mol. The number of nitrogens with zero attached hydrogens (tertiary/aromatic N) is 1. The molecule has 0 aromatic heterocycles. The Morgan fingerprint density at radius 2 is 2.00 bits per heavy atom. The van der Waals surface area contributed by atoms with Gasteiger partial charge in [-0.25, -0.2) is 0 Å². The zero-order valence-electron chi connectivity index (χ0n) is 13.4. The molecule has 0 aliphatic heterocycles. The van der Waals surface area contributed by atoms with Crippen LogP contribution in [0.5, 0.6) is 5.75 Å². The summed E-state index contributed by atoms with van der Waals surface area (Å²) >= 11 is 0. The SMILES string of the molecule is CN=C(NCCCCOc1ccc(C)cc1)NC1CC1C. The topological polar surface area (TPSA) is 45.7 Å². The Balaban J connectivity index is 1.52.